The minimum Gasteiger partial charge on any atom is -0.385 e. The summed E-state index contributed by atoms with van der Waals surface area (Å²) in [7, 11) is 0. The summed E-state index contributed by atoms with van der Waals surface area (Å²) in [6, 6.07) is 0. The van der Waals surface area contributed by atoms with Crippen molar-refractivity contribution in [3.8, 4) is 0 Å². The molecule has 0 saturated carbocycles. The predicted molar refractivity (Wildman–Crippen MR) is 74.3 cm³/mol. The van der Waals surface area contributed by atoms with Crippen molar-refractivity contribution in [2.24, 2.45) is 5.92 Å². The van der Waals surface area contributed by atoms with Gasteiger partial charge in [0.1, 0.15) is 6.10 Å². The molecule has 0 aromatic carbocycles. The third-order valence-electron chi connectivity index (χ3n) is 3.19. The summed E-state index contributed by atoms with van der Waals surface area (Å²) in [4.78, 5) is 11.7. The first kappa shape index (κ1) is 14.8. The van der Waals surface area contributed by atoms with Crippen LogP contribution in [0.15, 0.2) is 11.6 Å². The lowest BCUT2D eigenvalue weighted by molar-refractivity contribution is -0.124. The SMILES string of the molecule is CCCC1=CC(CC(C)SCC)CC(O)C1=O. The Balaban J connectivity index is 2.63. The number of carbonyl (C=O) groups is 1. The molecule has 3 atom stereocenters. The third kappa shape index (κ3) is 4.47. The van der Waals surface area contributed by atoms with Gasteiger partial charge in [0.2, 0.25) is 0 Å². The van der Waals surface area contributed by atoms with E-state index in [2.05, 4.69) is 26.8 Å². The van der Waals surface area contributed by atoms with Gasteiger partial charge in [-0.15, -0.1) is 0 Å². The second kappa shape index (κ2) is 7.22. The summed E-state index contributed by atoms with van der Waals surface area (Å²) < 4.78 is 0. The molecule has 0 heterocycles. The number of aliphatic hydroxyl groups is 1. The second-order valence-electron chi connectivity index (χ2n) is 4.82. The minimum atomic E-state index is -0.759. The number of ketones is 1. The largest absolute Gasteiger partial charge is 0.385 e. The lowest BCUT2D eigenvalue weighted by atomic mass is 9.83. The molecule has 1 N–H and O–H groups in total. The molecule has 0 aliphatic heterocycles. The second-order valence-corrected chi connectivity index (χ2v) is 6.53. The van der Waals surface area contributed by atoms with E-state index in [-0.39, 0.29) is 5.78 Å². The summed E-state index contributed by atoms with van der Waals surface area (Å²) >= 11 is 1.95. The number of thioether (sulfide) groups is 1. The molecule has 2 nitrogen and oxygen atoms in total. The van der Waals surface area contributed by atoms with Crippen molar-refractivity contribution in [3.05, 3.63) is 11.6 Å². The molecule has 0 bridgehead atoms. The van der Waals surface area contributed by atoms with Crippen molar-refractivity contribution in [2.75, 3.05) is 5.75 Å². The summed E-state index contributed by atoms with van der Waals surface area (Å²) in [5, 5.41) is 10.4. The molecule has 0 spiro atoms. The van der Waals surface area contributed by atoms with Gasteiger partial charge in [0.15, 0.2) is 5.78 Å². The highest BCUT2D eigenvalue weighted by Gasteiger charge is 2.28. The summed E-state index contributed by atoms with van der Waals surface area (Å²) in [5.74, 6) is 1.46. The van der Waals surface area contributed by atoms with E-state index in [9.17, 15) is 9.90 Å². The molecule has 3 heteroatoms. The van der Waals surface area contributed by atoms with Gasteiger partial charge in [-0.05, 0) is 36.5 Å². The number of aliphatic hydroxyl groups excluding tert-OH is 1. The highest BCUT2D eigenvalue weighted by atomic mass is 32.2. The van der Waals surface area contributed by atoms with Crippen molar-refractivity contribution in [1.29, 1.82) is 0 Å². The van der Waals surface area contributed by atoms with Crippen LogP contribution in [0.5, 0.6) is 0 Å². The van der Waals surface area contributed by atoms with Gasteiger partial charge in [-0.3, -0.25) is 4.79 Å². The van der Waals surface area contributed by atoms with Crippen LogP contribution in [0.4, 0.5) is 0 Å². The normalized spacial score (nSPS) is 26.8. The van der Waals surface area contributed by atoms with E-state index in [1.165, 1.54) is 0 Å². The van der Waals surface area contributed by atoms with E-state index >= 15 is 0 Å². The monoisotopic (exact) mass is 256 g/mol. The van der Waals surface area contributed by atoms with Crippen LogP contribution in [-0.2, 0) is 4.79 Å². The Labute approximate surface area is 109 Å². The number of hydrogen-bond acceptors (Lipinski definition) is 3. The fraction of sp³-hybridized carbons (Fsp3) is 0.786. The Morgan fingerprint density at radius 1 is 1.53 bits per heavy atom. The van der Waals surface area contributed by atoms with Crippen LogP contribution in [0.3, 0.4) is 0 Å². The fourth-order valence-electron chi connectivity index (χ4n) is 2.46. The number of Topliss-reactive ketones (excluding diaryl/α,β-unsaturated/α-hetero) is 1. The lowest BCUT2D eigenvalue weighted by Gasteiger charge is -2.26. The minimum absolute atomic E-state index is 0.0427. The number of hydrogen-bond donors (Lipinski definition) is 1. The molecule has 0 fully saturated rings. The summed E-state index contributed by atoms with van der Waals surface area (Å²) in [6.07, 6.45) is 4.81. The van der Waals surface area contributed by atoms with Gasteiger partial charge in [-0.25, -0.2) is 0 Å². The fourth-order valence-corrected chi connectivity index (χ4v) is 3.41. The highest BCUT2D eigenvalue weighted by Crippen LogP contribution is 2.29. The molecule has 0 amide bonds. The van der Waals surface area contributed by atoms with E-state index in [0.29, 0.717) is 17.6 Å². The van der Waals surface area contributed by atoms with E-state index in [4.69, 9.17) is 0 Å². The van der Waals surface area contributed by atoms with E-state index in [1.807, 2.05) is 11.8 Å². The van der Waals surface area contributed by atoms with Gasteiger partial charge in [0.25, 0.3) is 0 Å². The van der Waals surface area contributed by atoms with Gasteiger partial charge in [-0.2, -0.15) is 11.8 Å². The number of allylic oxidation sites excluding steroid dienone is 1. The maximum Gasteiger partial charge on any atom is 0.186 e. The molecule has 98 valence electrons. The van der Waals surface area contributed by atoms with Crippen LogP contribution in [0.2, 0.25) is 0 Å². The highest BCUT2D eigenvalue weighted by molar-refractivity contribution is 7.99. The van der Waals surface area contributed by atoms with Crippen LogP contribution in [0, 0.1) is 5.92 Å². The Hall–Kier alpha value is -0.280. The van der Waals surface area contributed by atoms with Crippen molar-refractivity contribution >= 4 is 17.5 Å². The van der Waals surface area contributed by atoms with Crippen molar-refractivity contribution in [2.45, 2.75) is 57.8 Å². The van der Waals surface area contributed by atoms with E-state index < -0.39 is 6.10 Å². The van der Waals surface area contributed by atoms with Crippen LogP contribution in [-0.4, -0.2) is 28.0 Å². The summed E-state index contributed by atoms with van der Waals surface area (Å²) in [5.41, 5.74) is 0.852. The third-order valence-corrected chi connectivity index (χ3v) is 4.28. The van der Waals surface area contributed by atoms with Crippen LogP contribution >= 0.6 is 11.8 Å². The zero-order valence-electron chi connectivity index (χ0n) is 11.1. The maximum absolute atomic E-state index is 11.7. The molecule has 0 aromatic heterocycles. The Morgan fingerprint density at radius 3 is 2.82 bits per heavy atom. The zero-order valence-corrected chi connectivity index (χ0v) is 11.9. The van der Waals surface area contributed by atoms with E-state index in [1.54, 1.807) is 0 Å². The number of rotatable bonds is 6. The zero-order chi connectivity index (χ0) is 12.8. The van der Waals surface area contributed by atoms with Crippen LogP contribution < -0.4 is 0 Å². The first-order valence-corrected chi connectivity index (χ1v) is 7.67. The quantitative estimate of drug-likeness (QED) is 0.793. The molecule has 1 aliphatic carbocycles. The lowest BCUT2D eigenvalue weighted by Crippen LogP contribution is -2.30. The van der Waals surface area contributed by atoms with Gasteiger partial charge in [0, 0.05) is 5.25 Å². The van der Waals surface area contributed by atoms with Gasteiger partial charge in [-0.1, -0.05) is 33.3 Å². The molecule has 17 heavy (non-hydrogen) atoms. The molecule has 0 saturated heterocycles. The Kier molecular flexibility index (Phi) is 6.28. The predicted octanol–water partition coefficient (Wildman–Crippen LogP) is 3.19. The molecule has 1 aliphatic rings. The van der Waals surface area contributed by atoms with Crippen molar-refractivity contribution in [3.63, 3.8) is 0 Å². The van der Waals surface area contributed by atoms with Crippen molar-refractivity contribution in [1.82, 2.24) is 0 Å². The molecular formula is C14H24O2S. The molecule has 0 aromatic rings. The van der Waals surface area contributed by atoms with Gasteiger partial charge >= 0.3 is 0 Å². The first-order chi connectivity index (χ1) is 8.08. The summed E-state index contributed by atoms with van der Waals surface area (Å²) in [6.45, 7) is 6.46. The van der Waals surface area contributed by atoms with Gasteiger partial charge in [0.05, 0.1) is 0 Å². The number of carbonyl (C=O) groups excluding carboxylic acids is 1. The first-order valence-electron chi connectivity index (χ1n) is 6.63. The average molecular weight is 256 g/mol. The smallest absolute Gasteiger partial charge is 0.186 e. The Morgan fingerprint density at radius 2 is 2.24 bits per heavy atom. The van der Waals surface area contributed by atoms with E-state index in [0.717, 1.165) is 30.6 Å². The molecule has 1 rings (SSSR count). The topological polar surface area (TPSA) is 37.3 Å². The average Bonchev–Trinajstić information content (AvgIpc) is 2.26. The molecule has 0 radical (unpaired) electrons. The standard InChI is InChI=1S/C14H24O2S/c1-4-6-12-8-11(7-10(3)17-5-2)9-13(15)14(12)16/h8,10-11,13,15H,4-7,9H2,1-3H3. The Bertz CT molecular complexity index is 286. The molecular weight excluding hydrogens is 232 g/mol. The molecule has 3 unspecified atom stereocenters. The van der Waals surface area contributed by atoms with Crippen LogP contribution in [0.25, 0.3) is 0 Å². The maximum atomic E-state index is 11.7. The van der Waals surface area contributed by atoms with Crippen LogP contribution in [0.1, 0.15) is 46.5 Å². The van der Waals surface area contributed by atoms with Crippen molar-refractivity contribution < 1.29 is 9.90 Å². The van der Waals surface area contributed by atoms with Gasteiger partial charge < -0.3 is 5.11 Å².